The van der Waals surface area contributed by atoms with Crippen molar-refractivity contribution in [2.45, 2.75) is 24.9 Å². The van der Waals surface area contributed by atoms with Crippen LogP contribution < -0.4 is 21.6 Å². The molecule has 1 aromatic carbocycles. The number of carbonyl (C=O) groups is 2. The van der Waals surface area contributed by atoms with Crippen LogP contribution in [-0.4, -0.2) is 74.5 Å². The highest BCUT2D eigenvalue weighted by Crippen LogP contribution is 2.36. The molecule has 6 N–H and O–H groups in total. The van der Waals surface area contributed by atoms with Gasteiger partial charge < -0.3 is 20.6 Å². The van der Waals surface area contributed by atoms with Crippen LogP contribution in [0.25, 0.3) is 0 Å². The first-order valence-corrected chi connectivity index (χ1v) is 12.1. The van der Waals surface area contributed by atoms with Crippen LogP contribution in [0, 0.1) is 17.0 Å². The maximum Gasteiger partial charge on any atom is 0.314 e. The van der Waals surface area contributed by atoms with Crippen molar-refractivity contribution in [2.24, 2.45) is 5.73 Å². The molecule has 14 heteroatoms. The molecule has 37 heavy (non-hydrogen) atoms. The number of nitrogens with two attached hydrogens (primary N) is 2. The maximum absolute atomic E-state index is 14.0. The van der Waals surface area contributed by atoms with Gasteiger partial charge in [0.1, 0.15) is 22.3 Å². The zero-order valence-corrected chi connectivity index (χ0v) is 20.9. The van der Waals surface area contributed by atoms with Crippen LogP contribution in [-0.2, 0) is 6.42 Å². The number of pyridine rings is 1. The summed E-state index contributed by atoms with van der Waals surface area (Å²) in [6.07, 6.45) is 1.87. The molecule has 2 aliphatic heterocycles. The van der Waals surface area contributed by atoms with Crippen molar-refractivity contribution in [2.75, 3.05) is 32.2 Å². The van der Waals surface area contributed by atoms with E-state index in [1.165, 1.54) is 26.7 Å². The summed E-state index contributed by atoms with van der Waals surface area (Å²) in [6, 6.07) is 2.48. The number of carbonyl (C=O) groups excluding carboxylic acids is 2. The van der Waals surface area contributed by atoms with E-state index in [2.05, 4.69) is 0 Å². The van der Waals surface area contributed by atoms with Crippen LogP contribution in [0.3, 0.4) is 0 Å². The predicted molar refractivity (Wildman–Crippen MR) is 133 cm³/mol. The van der Waals surface area contributed by atoms with E-state index in [1.54, 1.807) is 19.1 Å². The smallest absolute Gasteiger partial charge is 0.314 e. The molecule has 0 unspecified atom stereocenters. The van der Waals surface area contributed by atoms with Crippen LogP contribution in [0.4, 0.5) is 13.6 Å². The minimum Gasteiger partial charge on any atom is -0.502 e. The third-order valence-corrected chi connectivity index (χ3v) is 7.79. The average Bonchev–Trinajstić information content (AvgIpc) is 2.85. The lowest BCUT2D eigenvalue weighted by atomic mass is 9.92. The number of rotatable bonds is 3. The van der Waals surface area contributed by atoms with Crippen LogP contribution in [0.1, 0.15) is 34.5 Å². The standard InChI is InChI=1S/C23H25F2N7O4S/c1-29-21(35)17-19(34)18(33)14(20(27)37-16(26)9-12-3-4-13(24)10-15(12)25)11-32(17)30(2)23(29)5-7-31(8-6-23)22(28)36/h3-4,10-11,26-27,34H,5-9H2,1-2H3,(H2,28,36)/p+1. The number of nitrogens with zero attached hydrogens (tertiary/aromatic N) is 4. The van der Waals surface area contributed by atoms with Crippen LogP contribution in [0.5, 0.6) is 5.75 Å². The van der Waals surface area contributed by atoms with Crippen molar-refractivity contribution >= 4 is 33.8 Å². The van der Waals surface area contributed by atoms with Gasteiger partial charge in [-0.2, -0.15) is 0 Å². The fraction of sp³-hybridized carbons (Fsp3) is 0.348. The molecule has 1 spiro atoms. The van der Waals surface area contributed by atoms with Gasteiger partial charge in [-0.15, -0.1) is 0 Å². The van der Waals surface area contributed by atoms with Crippen LogP contribution in [0.15, 0.2) is 29.2 Å². The molecule has 2 aliphatic rings. The predicted octanol–water partition coefficient (Wildman–Crippen LogP) is -0.185. The number of aromatic nitrogens is 1. The van der Waals surface area contributed by atoms with Gasteiger partial charge in [-0.25, -0.2) is 13.6 Å². The van der Waals surface area contributed by atoms with Gasteiger partial charge in [0.2, 0.25) is 10.5 Å². The molecular weight excluding hydrogens is 508 g/mol. The van der Waals surface area contributed by atoms with E-state index in [-0.39, 0.29) is 33.3 Å². The van der Waals surface area contributed by atoms with Gasteiger partial charge in [-0.1, -0.05) is 6.07 Å². The Kier molecular flexibility index (Phi) is 6.71. The molecule has 1 saturated heterocycles. The minimum atomic E-state index is -0.931. The molecule has 0 saturated carbocycles. The number of hydrogen-bond donors (Lipinski definition) is 4. The summed E-state index contributed by atoms with van der Waals surface area (Å²) >= 11 is 0.688. The molecule has 0 atom stereocenters. The van der Waals surface area contributed by atoms with Gasteiger partial charge in [0.25, 0.3) is 5.91 Å². The summed E-state index contributed by atoms with van der Waals surface area (Å²) in [7, 11) is 3.23. The summed E-state index contributed by atoms with van der Waals surface area (Å²) in [5, 5.41) is 26.6. The molecule has 11 nitrogen and oxygen atoms in total. The molecular formula is C23H26F2N7O4S+. The van der Waals surface area contributed by atoms with Crippen molar-refractivity contribution in [1.29, 1.82) is 5.41 Å². The van der Waals surface area contributed by atoms with E-state index in [4.69, 9.17) is 16.6 Å². The van der Waals surface area contributed by atoms with Crippen LogP contribution >= 0.6 is 11.8 Å². The highest BCUT2D eigenvalue weighted by Gasteiger charge is 2.50. The Balaban J connectivity index is 1.64. The summed E-state index contributed by atoms with van der Waals surface area (Å²) in [5.74, 6) is -2.94. The number of amides is 3. The molecule has 3 amide bonds. The lowest BCUT2D eigenvalue weighted by molar-refractivity contribution is -0.110. The molecule has 1 aromatic heterocycles. The lowest BCUT2D eigenvalue weighted by Crippen LogP contribution is -2.71. The summed E-state index contributed by atoms with van der Waals surface area (Å²) in [6.45, 7) is 0.589. The fourth-order valence-electron chi connectivity index (χ4n) is 4.77. The van der Waals surface area contributed by atoms with Gasteiger partial charge in [0, 0.05) is 52.3 Å². The molecule has 196 valence electrons. The van der Waals surface area contributed by atoms with E-state index in [9.17, 15) is 28.3 Å². The van der Waals surface area contributed by atoms with Gasteiger partial charge in [-0.05, 0) is 23.4 Å². The van der Waals surface area contributed by atoms with Gasteiger partial charge in [0.15, 0.2) is 11.4 Å². The third-order valence-electron chi connectivity index (χ3n) is 6.96. The molecule has 0 aliphatic carbocycles. The fourth-order valence-corrected chi connectivity index (χ4v) is 5.52. The lowest BCUT2D eigenvalue weighted by Gasteiger charge is -2.55. The van der Waals surface area contributed by atoms with Crippen molar-refractivity contribution in [3.63, 3.8) is 0 Å². The number of urea groups is 1. The van der Waals surface area contributed by atoms with E-state index in [1.807, 2.05) is 0 Å². The first-order valence-electron chi connectivity index (χ1n) is 11.2. The van der Waals surface area contributed by atoms with E-state index < -0.39 is 40.4 Å². The SMILES string of the molecule is CN1C(=O)c2c(O)c(=O)c(C(=N)SC(=[NH2+])Cc3ccc(F)cc3F)cn2N(C)C12CCN(C(N)=O)CC2. The van der Waals surface area contributed by atoms with Gasteiger partial charge >= 0.3 is 6.03 Å². The second-order valence-corrected chi connectivity index (χ2v) is 10.1. The summed E-state index contributed by atoms with van der Waals surface area (Å²) < 4.78 is 28.5. The van der Waals surface area contributed by atoms with E-state index in [0.29, 0.717) is 37.7 Å². The second-order valence-electron chi connectivity index (χ2n) is 8.92. The second kappa shape index (κ2) is 9.50. The Hall–Kier alpha value is -3.94. The average molecular weight is 535 g/mol. The number of hydrogen-bond acceptors (Lipinski definition) is 7. The van der Waals surface area contributed by atoms with Gasteiger partial charge in [-0.3, -0.25) is 30.1 Å². The Morgan fingerprint density at radius 3 is 2.49 bits per heavy atom. The number of primary amides is 1. The van der Waals surface area contributed by atoms with E-state index in [0.717, 1.165) is 12.1 Å². The topological polar surface area (TPSA) is 162 Å². The molecule has 0 bridgehead atoms. The zero-order valence-electron chi connectivity index (χ0n) is 20.1. The number of thioether (sulfide) groups is 1. The van der Waals surface area contributed by atoms with Crippen molar-refractivity contribution in [3.05, 3.63) is 63.1 Å². The number of aromatic hydroxyl groups is 1. The molecule has 1 fully saturated rings. The minimum absolute atomic E-state index is 0.0663. The number of piperidine rings is 1. The largest absolute Gasteiger partial charge is 0.502 e. The number of halogens is 2. The quantitative estimate of drug-likeness (QED) is 0.315. The highest BCUT2D eigenvalue weighted by molar-refractivity contribution is 8.26. The van der Waals surface area contributed by atoms with E-state index >= 15 is 0 Å². The highest BCUT2D eigenvalue weighted by atomic mass is 32.2. The summed E-state index contributed by atoms with van der Waals surface area (Å²) in [4.78, 5) is 40.7. The van der Waals surface area contributed by atoms with Gasteiger partial charge in [0.05, 0.1) is 12.0 Å². The number of nitrogens with one attached hydrogen (secondary N) is 1. The summed E-state index contributed by atoms with van der Waals surface area (Å²) in [5.41, 5.74) is 3.22. The molecule has 2 aromatic rings. The third kappa shape index (κ3) is 4.41. The van der Waals surface area contributed by atoms with Crippen molar-refractivity contribution < 1.29 is 28.9 Å². The molecule has 4 rings (SSSR count). The maximum atomic E-state index is 14.0. The first-order chi connectivity index (χ1) is 17.4. The number of fused-ring (bicyclic) bond motifs is 1. The normalized spacial score (nSPS) is 16.6. The van der Waals surface area contributed by atoms with Crippen LogP contribution in [0.2, 0.25) is 0 Å². The molecule has 0 radical (unpaired) electrons. The Morgan fingerprint density at radius 1 is 1.24 bits per heavy atom. The number of benzene rings is 1. The Morgan fingerprint density at radius 2 is 1.89 bits per heavy atom. The Labute approximate surface area is 214 Å². The first kappa shape index (κ1) is 26.1. The Bertz CT molecular complexity index is 1390. The van der Waals surface area contributed by atoms with Crippen molar-refractivity contribution in [1.82, 2.24) is 14.5 Å². The monoisotopic (exact) mass is 534 g/mol. The molecule has 3 heterocycles. The van der Waals surface area contributed by atoms with Crippen molar-refractivity contribution in [3.8, 4) is 5.75 Å². The number of likely N-dealkylation sites (tertiary alicyclic amines) is 1. The zero-order chi connectivity index (χ0) is 27.2.